The van der Waals surface area contributed by atoms with Crippen LogP contribution >= 0.6 is 0 Å². The molecule has 0 radical (unpaired) electrons. The third-order valence-corrected chi connectivity index (χ3v) is 2.21. The van der Waals surface area contributed by atoms with Crippen molar-refractivity contribution in [1.29, 1.82) is 0 Å². The summed E-state index contributed by atoms with van der Waals surface area (Å²) in [7, 11) is 0. The Bertz CT molecular complexity index is 309. The molecule has 0 saturated heterocycles. The molecule has 0 bridgehead atoms. The third-order valence-electron chi connectivity index (χ3n) is 2.21. The molecule has 0 fully saturated rings. The summed E-state index contributed by atoms with van der Waals surface area (Å²) >= 11 is 0. The average Bonchev–Trinajstić information content (AvgIpc) is 2.27. The Labute approximate surface area is 102 Å². The molecule has 0 aliphatic heterocycles. The number of nitrogens with zero attached hydrogens (tertiary/aromatic N) is 1. The minimum Gasteiger partial charge on any atom is -0.481 e. The van der Waals surface area contributed by atoms with Gasteiger partial charge in [0, 0.05) is 19.1 Å². The molecule has 2 N–H and O–H groups in total. The normalized spacial score (nSPS) is 11.8. The lowest BCUT2D eigenvalue weighted by Crippen LogP contribution is -2.16. The van der Waals surface area contributed by atoms with Crippen LogP contribution in [-0.4, -0.2) is 23.2 Å². The molecule has 0 rings (SSSR count). The van der Waals surface area contributed by atoms with Crippen LogP contribution in [0.2, 0.25) is 0 Å². The average molecular weight is 240 g/mol. The summed E-state index contributed by atoms with van der Waals surface area (Å²) in [4.78, 5) is 21.5. The van der Waals surface area contributed by atoms with Gasteiger partial charge in [0.15, 0.2) is 0 Å². The maximum absolute atomic E-state index is 11.2. The second-order valence-electron chi connectivity index (χ2n) is 3.78. The topological polar surface area (TPSA) is 78.8 Å². The van der Waals surface area contributed by atoms with Crippen molar-refractivity contribution in [3.63, 3.8) is 0 Å². The molecule has 0 aliphatic carbocycles. The van der Waals surface area contributed by atoms with E-state index in [0.717, 1.165) is 12.0 Å². The van der Waals surface area contributed by atoms with Gasteiger partial charge < -0.3 is 5.11 Å². The lowest BCUT2D eigenvalue weighted by Gasteiger charge is -1.99. The van der Waals surface area contributed by atoms with Gasteiger partial charge in [0.2, 0.25) is 5.91 Å². The number of hydrogen-bond acceptors (Lipinski definition) is 3. The molecular weight excluding hydrogens is 220 g/mol. The molecular formula is C12H20N2O3. The first-order valence-electron chi connectivity index (χ1n) is 5.73. The van der Waals surface area contributed by atoms with Crippen LogP contribution < -0.4 is 5.43 Å². The minimum atomic E-state index is -0.791. The maximum atomic E-state index is 11.2. The smallest absolute Gasteiger partial charge is 0.303 e. The van der Waals surface area contributed by atoms with Gasteiger partial charge >= 0.3 is 5.97 Å². The van der Waals surface area contributed by atoms with Crippen LogP contribution in [0.3, 0.4) is 0 Å². The standard InChI is InChI=1S/C12H20N2O3/c1-3-10(2)9-13-14-11(15)7-5-4-6-8-12(16)17/h3,9H,4-8H2,1-2H3,(H,14,15)(H,16,17)/b10-3-,13-9+. The molecule has 0 aliphatic rings. The summed E-state index contributed by atoms with van der Waals surface area (Å²) in [6.07, 6.45) is 6.08. The zero-order valence-electron chi connectivity index (χ0n) is 10.4. The number of amides is 1. The Kier molecular flexibility index (Phi) is 8.64. The van der Waals surface area contributed by atoms with Gasteiger partial charge in [-0.1, -0.05) is 12.5 Å². The summed E-state index contributed by atoms with van der Waals surface area (Å²) < 4.78 is 0. The first-order chi connectivity index (χ1) is 8.06. The first kappa shape index (κ1) is 15.3. The van der Waals surface area contributed by atoms with Gasteiger partial charge in [-0.2, -0.15) is 5.10 Å². The molecule has 0 aromatic carbocycles. The summed E-state index contributed by atoms with van der Waals surface area (Å²) in [5, 5.41) is 12.2. The Morgan fingerprint density at radius 3 is 2.47 bits per heavy atom. The number of unbranched alkanes of at least 4 members (excludes halogenated alkanes) is 2. The molecule has 1 amide bonds. The fourth-order valence-electron chi connectivity index (χ4n) is 1.08. The largest absolute Gasteiger partial charge is 0.481 e. The van der Waals surface area contributed by atoms with Crippen LogP contribution in [0.5, 0.6) is 0 Å². The van der Waals surface area contributed by atoms with Crippen molar-refractivity contribution in [2.45, 2.75) is 46.0 Å². The van der Waals surface area contributed by atoms with Gasteiger partial charge in [-0.05, 0) is 32.3 Å². The second kappa shape index (κ2) is 9.57. The lowest BCUT2D eigenvalue weighted by molar-refractivity contribution is -0.137. The summed E-state index contributed by atoms with van der Waals surface area (Å²) in [5.41, 5.74) is 3.40. The van der Waals surface area contributed by atoms with Gasteiger partial charge in [0.05, 0.1) is 0 Å². The van der Waals surface area contributed by atoms with Crippen molar-refractivity contribution in [2.24, 2.45) is 5.10 Å². The van der Waals surface area contributed by atoms with Crippen molar-refractivity contribution >= 4 is 18.1 Å². The number of allylic oxidation sites excluding steroid dienone is 2. The van der Waals surface area contributed by atoms with E-state index in [4.69, 9.17) is 5.11 Å². The van der Waals surface area contributed by atoms with Crippen LogP contribution in [0.4, 0.5) is 0 Å². The number of carbonyl (C=O) groups excluding carboxylic acids is 1. The van der Waals surface area contributed by atoms with Crippen molar-refractivity contribution in [2.75, 3.05) is 0 Å². The molecule has 0 spiro atoms. The highest BCUT2D eigenvalue weighted by molar-refractivity contribution is 5.81. The fraction of sp³-hybridized carbons (Fsp3) is 0.583. The highest BCUT2D eigenvalue weighted by atomic mass is 16.4. The first-order valence-corrected chi connectivity index (χ1v) is 5.73. The number of carbonyl (C=O) groups is 2. The number of rotatable bonds is 8. The van der Waals surface area contributed by atoms with E-state index in [1.165, 1.54) is 0 Å². The SMILES string of the molecule is C/C=C(C)\C=N\NC(=O)CCCCCC(=O)O. The fourth-order valence-corrected chi connectivity index (χ4v) is 1.08. The highest BCUT2D eigenvalue weighted by Gasteiger charge is 2.00. The summed E-state index contributed by atoms with van der Waals surface area (Å²) in [6.45, 7) is 3.78. The summed E-state index contributed by atoms with van der Waals surface area (Å²) in [6, 6.07) is 0. The number of hydrogen-bond donors (Lipinski definition) is 2. The van der Waals surface area contributed by atoms with Gasteiger partial charge in [-0.3, -0.25) is 9.59 Å². The number of nitrogens with one attached hydrogen (secondary N) is 1. The number of hydrazone groups is 1. The number of carboxylic acids is 1. The molecule has 0 saturated carbocycles. The maximum Gasteiger partial charge on any atom is 0.303 e. The predicted molar refractivity (Wildman–Crippen MR) is 66.8 cm³/mol. The van der Waals surface area contributed by atoms with E-state index in [2.05, 4.69) is 10.5 Å². The van der Waals surface area contributed by atoms with E-state index in [-0.39, 0.29) is 12.3 Å². The second-order valence-corrected chi connectivity index (χ2v) is 3.78. The Hall–Kier alpha value is -1.65. The Balaban J connectivity index is 3.54. The number of aliphatic carboxylic acids is 1. The van der Waals surface area contributed by atoms with Crippen LogP contribution in [0, 0.1) is 0 Å². The van der Waals surface area contributed by atoms with E-state index in [9.17, 15) is 9.59 Å². The van der Waals surface area contributed by atoms with Gasteiger partial charge in [-0.25, -0.2) is 5.43 Å². The van der Waals surface area contributed by atoms with E-state index >= 15 is 0 Å². The molecule has 0 aromatic rings. The van der Waals surface area contributed by atoms with Gasteiger partial charge in [0.25, 0.3) is 0 Å². The molecule has 0 unspecified atom stereocenters. The molecule has 0 aromatic heterocycles. The van der Waals surface area contributed by atoms with E-state index in [0.29, 0.717) is 19.3 Å². The quantitative estimate of drug-likeness (QED) is 0.387. The van der Waals surface area contributed by atoms with Crippen LogP contribution in [0.1, 0.15) is 46.0 Å². The van der Waals surface area contributed by atoms with Gasteiger partial charge in [-0.15, -0.1) is 0 Å². The number of carboxylic acid groups (broad SMARTS) is 1. The van der Waals surface area contributed by atoms with Crippen molar-refractivity contribution in [3.8, 4) is 0 Å². The molecule has 96 valence electrons. The van der Waals surface area contributed by atoms with Crippen LogP contribution in [-0.2, 0) is 9.59 Å². The molecule has 5 nitrogen and oxygen atoms in total. The molecule has 5 heteroatoms. The predicted octanol–water partition coefficient (Wildman–Crippen LogP) is 2.09. The van der Waals surface area contributed by atoms with Crippen molar-refractivity contribution in [1.82, 2.24) is 5.43 Å². The molecule has 17 heavy (non-hydrogen) atoms. The third kappa shape index (κ3) is 10.6. The molecule has 0 heterocycles. The Morgan fingerprint density at radius 1 is 1.24 bits per heavy atom. The van der Waals surface area contributed by atoms with Gasteiger partial charge in [0.1, 0.15) is 0 Å². The minimum absolute atomic E-state index is 0.138. The highest BCUT2D eigenvalue weighted by Crippen LogP contribution is 2.02. The van der Waals surface area contributed by atoms with Crippen molar-refractivity contribution < 1.29 is 14.7 Å². The van der Waals surface area contributed by atoms with E-state index < -0.39 is 5.97 Å². The summed E-state index contributed by atoms with van der Waals surface area (Å²) in [5.74, 6) is -0.929. The lowest BCUT2D eigenvalue weighted by atomic mass is 10.1. The van der Waals surface area contributed by atoms with Crippen molar-refractivity contribution in [3.05, 3.63) is 11.6 Å². The van der Waals surface area contributed by atoms with E-state index in [1.54, 1.807) is 6.21 Å². The zero-order chi connectivity index (χ0) is 13.1. The monoisotopic (exact) mass is 240 g/mol. The van der Waals surface area contributed by atoms with E-state index in [1.807, 2.05) is 19.9 Å². The molecule has 0 atom stereocenters. The zero-order valence-corrected chi connectivity index (χ0v) is 10.4. The van der Waals surface area contributed by atoms with Crippen LogP contribution in [0.15, 0.2) is 16.8 Å². The van der Waals surface area contributed by atoms with Crippen LogP contribution in [0.25, 0.3) is 0 Å². The Morgan fingerprint density at radius 2 is 1.88 bits per heavy atom.